The lowest BCUT2D eigenvalue weighted by atomic mass is 10.00. The summed E-state index contributed by atoms with van der Waals surface area (Å²) < 4.78 is 0.814. The minimum absolute atomic E-state index is 0.612. The van der Waals surface area contributed by atoms with E-state index in [0.717, 1.165) is 28.7 Å². The van der Waals surface area contributed by atoms with Crippen molar-refractivity contribution in [1.29, 1.82) is 0 Å². The zero-order chi connectivity index (χ0) is 9.47. The number of aliphatic hydroxyl groups is 1. The smallest absolute Gasteiger partial charge is 0.123 e. The summed E-state index contributed by atoms with van der Waals surface area (Å²) in [5, 5.41) is 10.3. The number of thiazole rings is 1. The highest BCUT2D eigenvalue weighted by Gasteiger charge is 2.39. The van der Waals surface area contributed by atoms with Crippen LogP contribution in [-0.4, -0.2) is 10.1 Å². The second-order valence-corrected chi connectivity index (χ2v) is 5.46. The van der Waals surface area contributed by atoms with Gasteiger partial charge in [-0.15, -0.1) is 11.3 Å². The zero-order valence-corrected chi connectivity index (χ0v) is 9.86. The quantitative estimate of drug-likeness (QED) is 0.844. The number of hydrogen-bond acceptors (Lipinski definition) is 3. The highest BCUT2D eigenvalue weighted by atomic mass is 79.9. The molecular weight excluding hydrogens is 250 g/mol. The van der Waals surface area contributed by atoms with E-state index in [9.17, 15) is 5.11 Å². The molecule has 2 atom stereocenters. The average Bonchev–Trinajstić information content (AvgIpc) is 2.59. The van der Waals surface area contributed by atoms with Crippen LogP contribution in [0.2, 0.25) is 0 Å². The second-order valence-electron chi connectivity index (χ2n) is 3.85. The molecule has 0 aromatic carbocycles. The fourth-order valence-corrected chi connectivity index (χ4v) is 3.71. The minimum atomic E-state index is -0.612. The fourth-order valence-electron chi connectivity index (χ4n) is 2.01. The van der Waals surface area contributed by atoms with Crippen molar-refractivity contribution in [3.8, 4) is 0 Å². The molecule has 0 amide bonds. The van der Waals surface area contributed by atoms with E-state index in [1.807, 2.05) is 0 Å². The first kappa shape index (κ1) is 9.62. The largest absolute Gasteiger partial charge is 0.384 e. The molecule has 0 saturated heterocycles. The Bertz CT molecular complexity index is 314. The van der Waals surface area contributed by atoms with E-state index in [-0.39, 0.29) is 0 Å². The highest BCUT2D eigenvalue weighted by Crippen LogP contribution is 2.45. The monoisotopic (exact) mass is 261 g/mol. The number of nitrogens with zero attached hydrogens (tertiary/aromatic N) is 1. The first-order valence-corrected chi connectivity index (χ1v) is 6.11. The Morgan fingerprint density at radius 3 is 3.00 bits per heavy atom. The van der Waals surface area contributed by atoms with Crippen LogP contribution in [0.5, 0.6) is 0 Å². The number of aromatic nitrogens is 1. The average molecular weight is 262 g/mol. The minimum Gasteiger partial charge on any atom is -0.384 e. The maximum absolute atomic E-state index is 10.3. The summed E-state index contributed by atoms with van der Waals surface area (Å²) in [5.74, 6) is 0.624. The van der Waals surface area contributed by atoms with Gasteiger partial charge in [0.15, 0.2) is 0 Å². The number of halogens is 1. The van der Waals surface area contributed by atoms with Crippen molar-refractivity contribution >= 4 is 27.3 Å². The SMILES string of the molecule is CC1CCC(O)(c2scnc2Br)C1. The van der Waals surface area contributed by atoms with Gasteiger partial charge in [0.25, 0.3) is 0 Å². The summed E-state index contributed by atoms with van der Waals surface area (Å²) in [7, 11) is 0. The van der Waals surface area contributed by atoms with Gasteiger partial charge in [-0.25, -0.2) is 4.98 Å². The molecule has 2 unspecified atom stereocenters. The van der Waals surface area contributed by atoms with Crippen molar-refractivity contribution in [3.63, 3.8) is 0 Å². The van der Waals surface area contributed by atoms with Crippen molar-refractivity contribution in [2.24, 2.45) is 5.92 Å². The van der Waals surface area contributed by atoms with Crippen LogP contribution < -0.4 is 0 Å². The van der Waals surface area contributed by atoms with Gasteiger partial charge in [0.2, 0.25) is 0 Å². The predicted octanol–water partition coefficient (Wildman–Crippen LogP) is 2.91. The van der Waals surface area contributed by atoms with E-state index in [0.29, 0.717) is 5.92 Å². The van der Waals surface area contributed by atoms with Crippen LogP contribution in [0.25, 0.3) is 0 Å². The van der Waals surface area contributed by atoms with Gasteiger partial charge in [-0.05, 0) is 41.1 Å². The molecule has 1 saturated carbocycles. The van der Waals surface area contributed by atoms with E-state index in [4.69, 9.17) is 0 Å². The zero-order valence-electron chi connectivity index (χ0n) is 7.46. The molecule has 2 nitrogen and oxygen atoms in total. The van der Waals surface area contributed by atoms with Gasteiger partial charge in [0.1, 0.15) is 10.2 Å². The molecule has 1 fully saturated rings. The Morgan fingerprint density at radius 1 is 1.77 bits per heavy atom. The molecule has 13 heavy (non-hydrogen) atoms. The Labute approximate surface area is 90.1 Å². The molecule has 0 radical (unpaired) electrons. The summed E-state index contributed by atoms with van der Waals surface area (Å²) in [6.07, 6.45) is 2.85. The van der Waals surface area contributed by atoms with E-state index < -0.39 is 5.60 Å². The third kappa shape index (κ3) is 1.67. The van der Waals surface area contributed by atoms with Gasteiger partial charge in [-0.3, -0.25) is 0 Å². The Balaban J connectivity index is 2.30. The molecule has 2 rings (SSSR count). The summed E-state index contributed by atoms with van der Waals surface area (Å²) in [6.45, 7) is 2.19. The van der Waals surface area contributed by atoms with Gasteiger partial charge in [0, 0.05) is 0 Å². The van der Waals surface area contributed by atoms with Gasteiger partial charge in [-0.2, -0.15) is 0 Å². The molecule has 1 aliphatic rings. The standard InChI is InChI=1S/C9H12BrNOS/c1-6-2-3-9(12,4-6)7-8(10)11-5-13-7/h5-6,12H,2-4H2,1H3. The van der Waals surface area contributed by atoms with E-state index in [2.05, 4.69) is 27.8 Å². The molecule has 0 spiro atoms. The van der Waals surface area contributed by atoms with Gasteiger partial charge >= 0.3 is 0 Å². The van der Waals surface area contributed by atoms with Crippen LogP contribution in [0, 0.1) is 5.92 Å². The summed E-state index contributed by atoms with van der Waals surface area (Å²) in [4.78, 5) is 5.10. The molecule has 1 N–H and O–H groups in total. The van der Waals surface area contributed by atoms with Crippen molar-refractivity contribution in [3.05, 3.63) is 15.0 Å². The van der Waals surface area contributed by atoms with E-state index in [1.165, 1.54) is 11.3 Å². The Kier molecular flexibility index (Phi) is 2.47. The molecule has 1 aliphatic carbocycles. The van der Waals surface area contributed by atoms with E-state index in [1.54, 1.807) is 5.51 Å². The maximum Gasteiger partial charge on any atom is 0.123 e. The second kappa shape index (κ2) is 3.33. The summed E-state index contributed by atoms with van der Waals surface area (Å²) in [6, 6.07) is 0. The number of hydrogen-bond donors (Lipinski definition) is 1. The Morgan fingerprint density at radius 2 is 2.54 bits per heavy atom. The van der Waals surface area contributed by atoms with Gasteiger partial charge in [-0.1, -0.05) is 6.92 Å². The van der Waals surface area contributed by atoms with Gasteiger partial charge < -0.3 is 5.11 Å². The summed E-state index contributed by atoms with van der Waals surface area (Å²) in [5.41, 5.74) is 1.17. The van der Waals surface area contributed by atoms with Crippen molar-refractivity contribution in [1.82, 2.24) is 4.98 Å². The predicted molar refractivity (Wildman–Crippen MR) is 56.7 cm³/mol. The number of rotatable bonds is 1. The Hall–Kier alpha value is 0.0700. The van der Waals surface area contributed by atoms with Crippen LogP contribution in [0.1, 0.15) is 31.1 Å². The lowest BCUT2D eigenvalue weighted by molar-refractivity contribution is 0.0436. The third-order valence-electron chi connectivity index (χ3n) is 2.68. The normalized spacial score (nSPS) is 33.9. The van der Waals surface area contributed by atoms with Gasteiger partial charge in [0.05, 0.1) is 10.4 Å². The molecule has 4 heteroatoms. The van der Waals surface area contributed by atoms with Crippen LogP contribution in [0.15, 0.2) is 10.1 Å². The molecule has 0 aliphatic heterocycles. The molecule has 72 valence electrons. The highest BCUT2D eigenvalue weighted by molar-refractivity contribution is 9.10. The summed E-state index contributed by atoms with van der Waals surface area (Å²) >= 11 is 4.91. The van der Waals surface area contributed by atoms with Crippen molar-refractivity contribution < 1.29 is 5.11 Å². The molecular formula is C9H12BrNOS. The molecule has 1 aromatic heterocycles. The van der Waals surface area contributed by atoms with E-state index >= 15 is 0 Å². The van der Waals surface area contributed by atoms with Crippen molar-refractivity contribution in [2.45, 2.75) is 31.8 Å². The maximum atomic E-state index is 10.3. The molecule has 1 aromatic rings. The molecule has 1 heterocycles. The first-order valence-electron chi connectivity index (χ1n) is 4.44. The molecule has 0 bridgehead atoms. The lowest BCUT2D eigenvalue weighted by Crippen LogP contribution is -2.20. The lowest BCUT2D eigenvalue weighted by Gasteiger charge is -2.20. The van der Waals surface area contributed by atoms with Crippen molar-refractivity contribution in [2.75, 3.05) is 0 Å². The van der Waals surface area contributed by atoms with Crippen LogP contribution in [-0.2, 0) is 5.60 Å². The van der Waals surface area contributed by atoms with Crippen LogP contribution in [0.4, 0.5) is 0 Å². The van der Waals surface area contributed by atoms with Crippen LogP contribution in [0.3, 0.4) is 0 Å². The third-order valence-corrected chi connectivity index (χ3v) is 4.57. The fraction of sp³-hybridized carbons (Fsp3) is 0.667. The first-order chi connectivity index (χ1) is 6.12. The van der Waals surface area contributed by atoms with Crippen LogP contribution >= 0.6 is 27.3 Å². The topological polar surface area (TPSA) is 33.1 Å².